The highest BCUT2D eigenvalue weighted by atomic mass is 16.5. The predicted molar refractivity (Wildman–Crippen MR) is 77.5 cm³/mol. The van der Waals surface area contributed by atoms with Crippen molar-refractivity contribution in [1.29, 1.82) is 0 Å². The molecule has 0 radical (unpaired) electrons. The molecule has 2 rings (SSSR count). The van der Waals surface area contributed by atoms with Gasteiger partial charge in [0.2, 0.25) is 0 Å². The second-order valence-corrected chi connectivity index (χ2v) is 4.54. The molecule has 0 bridgehead atoms. The zero-order chi connectivity index (χ0) is 14.7. The minimum atomic E-state index is -0.570. The summed E-state index contributed by atoms with van der Waals surface area (Å²) in [5.74, 6) is -0.570. The highest BCUT2D eigenvalue weighted by Gasteiger charge is 2.19. The summed E-state index contributed by atoms with van der Waals surface area (Å²) in [6, 6.07) is 11.1. The fourth-order valence-corrected chi connectivity index (χ4v) is 2.24. The van der Waals surface area contributed by atoms with Crippen molar-refractivity contribution in [3.8, 4) is 5.69 Å². The molecule has 0 spiro atoms. The first-order valence-electron chi connectivity index (χ1n) is 6.52. The maximum absolute atomic E-state index is 12.6. The summed E-state index contributed by atoms with van der Waals surface area (Å²) in [7, 11) is 0. The first-order chi connectivity index (χ1) is 9.56. The summed E-state index contributed by atoms with van der Waals surface area (Å²) in [5.41, 5.74) is 1.92. The van der Waals surface area contributed by atoms with Gasteiger partial charge < -0.3 is 4.74 Å². The van der Waals surface area contributed by atoms with Crippen LogP contribution in [0.4, 0.5) is 0 Å². The summed E-state index contributed by atoms with van der Waals surface area (Å²) in [4.78, 5) is 24.5. The molecule has 4 nitrogen and oxygen atoms in total. The Balaban J connectivity index is 2.69. The molecule has 0 amide bonds. The van der Waals surface area contributed by atoms with Gasteiger partial charge in [0.1, 0.15) is 5.56 Å². The molecule has 20 heavy (non-hydrogen) atoms. The van der Waals surface area contributed by atoms with E-state index < -0.39 is 5.97 Å². The fraction of sp³-hybridized carbons (Fsp3) is 0.250. The van der Waals surface area contributed by atoms with Crippen LogP contribution in [0.5, 0.6) is 0 Å². The summed E-state index contributed by atoms with van der Waals surface area (Å²) in [6.45, 7) is 5.56. The van der Waals surface area contributed by atoms with Gasteiger partial charge in [-0.15, -0.1) is 0 Å². The molecule has 0 unspecified atom stereocenters. The Hall–Kier alpha value is -2.36. The Labute approximate surface area is 117 Å². The van der Waals surface area contributed by atoms with E-state index in [0.717, 1.165) is 11.4 Å². The number of carbonyl (C=O) groups excluding carboxylic acids is 1. The Morgan fingerprint density at radius 2 is 1.85 bits per heavy atom. The minimum Gasteiger partial charge on any atom is -0.462 e. The lowest BCUT2D eigenvalue weighted by molar-refractivity contribution is 0.0523. The fourth-order valence-electron chi connectivity index (χ4n) is 2.24. The standard InChI is InChI=1S/C16H17NO3/c1-4-20-16(19)14-11(2)10-12(3)17(15(14)18)13-8-6-5-7-9-13/h5-10H,4H2,1-3H3. The molecule has 2 aromatic rings. The zero-order valence-electron chi connectivity index (χ0n) is 11.8. The van der Waals surface area contributed by atoms with Gasteiger partial charge in [0.15, 0.2) is 0 Å². The zero-order valence-corrected chi connectivity index (χ0v) is 11.8. The molecule has 1 aromatic heterocycles. The van der Waals surface area contributed by atoms with Gasteiger partial charge >= 0.3 is 5.97 Å². The number of carbonyl (C=O) groups is 1. The quantitative estimate of drug-likeness (QED) is 0.806. The van der Waals surface area contributed by atoms with Crippen LogP contribution in [0.3, 0.4) is 0 Å². The van der Waals surface area contributed by atoms with E-state index in [9.17, 15) is 9.59 Å². The van der Waals surface area contributed by atoms with Crippen LogP contribution in [0.2, 0.25) is 0 Å². The van der Waals surface area contributed by atoms with E-state index in [2.05, 4.69) is 0 Å². The number of aryl methyl sites for hydroxylation is 2. The van der Waals surface area contributed by atoms with E-state index in [1.54, 1.807) is 13.8 Å². The van der Waals surface area contributed by atoms with Crippen molar-refractivity contribution in [2.45, 2.75) is 20.8 Å². The molecule has 0 fully saturated rings. The third kappa shape index (κ3) is 2.50. The highest BCUT2D eigenvalue weighted by Crippen LogP contribution is 2.13. The molecule has 0 saturated heterocycles. The van der Waals surface area contributed by atoms with Crippen molar-refractivity contribution < 1.29 is 9.53 Å². The van der Waals surface area contributed by atoms with Crippen LogP contribution < -0.4 is 5.56 Å². The first kappa shape index (κ1) is 14.1. The van der Waals surface area contributed by atoms with Crippen LogP contribution in [-0.4, -0.2) is 17.1 Å². The van der Waals surface area contributed by atoms with E-state index in [-0.39, 0.29) is 17.7 Å². The molecule has 0 saturated carbocycles. The molecule has 0 aliphatic rings. The van der Waals surface area contributed by atoms with Crippen molar-refractivity contribution in [3.05, 3.63) is 63.6 Å². The maximum Gasteiger partial charge on any atom is 0.344 e. The van der Waals surface area contributed by atoms with Gasteiger partial charge in [0.25, 0.3) is 5.56 Å². The van der Waals surface area contributed by atoms with E-state index in [4.69, 9.17) is 4.74 Å². The lowest BCUT2D eigenvalue weighted by atomic mass is 10.1. The third-order valence-electron chi connectivity index (χ3n) is 3.08. The molecule has 0 aliphatic heterocycles. The normalized spacial score (nSPS) is 10.3. The van der Waals surface area contributed by atoms with Gasteiger partial charge in [-0.3, -0.25) is 9.36 Å². The number of esters is 1. The van der Waals surface area contributed by atoms with Crippen LogP contribution in [-0.2, 0) is 4.74 Å². The molecule has 0 aliphatic carbocycles. The minimum absolute atomic E-state index is 0.0984. The summed E-state index contributed by atoms with van der Waals surface area (Å²) in [6.07, 6.45) is 0. The van der Waals surface area contributed by atoms with Crippen LogP contribution in [0.25, 0.3) is 5.69 Å². The van der Waals surface area contributed by atoms with E-state index in [1.165, 1.54) is 4.57 Å². The smallest absolute Gasteiger partial charge is 0.344 e. The second kappa shape index (κ2) is 5.74. The summed E-state index contributed by atoms with van der Waals surface area (Å²) < 4.78 is 6.50. The van der Waals surface area contributed by atoms with Crippen molar-refractivity contribution in [2.75, 3.05) is 6.61 Å². The SMILES string of the molecule is CCOC(=O)c1c(C)cc(C)n(-c2ccccc2)c1=O. The molecular formula is C16H17NO3. The molecule has 0 atom stereocenters. The van der Waals surface area contributed by atoms with Crippen LogP contribution in [0.15, 0.2) is 41.2 Å². The largest absolute Gasteiger partial charge is 0.462 e. The number of hydrogen-bond donors (Lipinski definition) is 0. The average Bonchev–Trinajstić information content (AvgIpc) is 2.39. The van der Waals surface area contributed by atoms with Crippen molar-refractivity contribution in [3.63, 3.8) is 0 Å². The highest BCUT2D eigenvalue weighted by molar-refractivity contribution is 5.90. The van der Waals surface area contributed by atoms with Crippen molar-refractivity contribution in [2.24, 2.45) is 0 Å². The number of pyridine rings is 1. The Morgan fingerprint density at radius 1 is 1.20 bits per heavy atom. The lowest BCUT2D eigenvalue weighted by Crippen LogP contribution is -2.29. The van der Waals surface area contributed by atoms with Crippen LogP contribution >= 0.6 is 0 Å². The topological polar surface area (TPSA) is 48.3 Å². The number of aromatic nitrogens is 1. The first-order valence-corrected chi connectivity index (χ1v) is 6.52. The Morgan fingerprint density at radius 3 is 2.45 bits per heavy atom. The summed E-state index contributed by atoms with van der Waals surface area (Å²) in [5, 5.41) is 0. The second-order valence-electron chi connectivity index (χ2n) is 4.54. The van der Waals surface area contributed by atoms with E-state index in [1.807, 2.05) is 43.3 Å². The molecule has 4 heteroatoms. The van der Waals surface area contributed by atoms with Gasteiger partial charge in [0.05, 0.1) is 6.61 Å². The molecular weight excluding hydrogens is 254 g/mol. The Bertz CT molecular complexity index is 687. The van der Waals surface area contributed by atoms with E-state index >= 15 is 0 Å². The number of rotatable bonds is 3. The number of benzene rings is 1. The van der Waals surface area contributed by atoms with Gasteiger partial charge in [-0.2, -0.15) is 0 Å². The van der Waals surface area contributed by atoms with E-state index in [0.29, 0.717) is 5.56 Å². The van der Waals surface area contributed by atoms with Crippen molar-refractivity contribution in [1.82, 2.24) is 4.57 Å². The molecule has 0 N–H and O–H groups in total. The monoisotopic (exact) mass is 271 g/mol. The number of ether oxygens (including phenoxy) is 1. The van der Waals surface area contributed by atoms with Crippen LogP contribution in [0.1, 0.15) is 28.5 Å². The summed E-state index contributed by atoms with van der Waals surface area (Å²) >= 11 is 0. The third-order valence-corrected chi connectivity index (χ3v) is 3.08. The van der Waals surface area contributed by atoms with Crippen molar-refractivity contribution >= 4 is 5.97 Å². The van der Waals surface area contributed by atoms with Gasteiger partial charge in [-0.25, -0.2) is 4.79 Å². The molecule has 1 heterocycles. The maximum atomic E-state index is 12.6. The lowest BCUT2D eigenvalue weighted by Gasteiger charge is -2.13. The van der Waals surface area contributed by atoms with Gasteiger partial charge in [-0.1, -0.05) is 18.2 Å². The van der Waals surface area contributed by atoms with Crippen LogP contribution in [0, 0.1) is 13.8 Å². The molecule has 104 valence electrons. The Kier molecular flexibility index (Phi) is 4.03. The molecule has 1 aromatic carbocycles. The van der Waals surface area contributed by atoms with Gasteiger partial charge in [-0.05, 0) is 44.5 Å². The number of nitrogens with zero attached hydrogens (tertiary/aromatic N) is 1. The van der Waals surface area contributed by atoms with Gasteiger partial charge in [0, 0.05) is 11.4 Å². The number of para-hydroxylation sites is 1. The predicted octanol–water partition coefficient (Wildman–Crippen LogP) is 2.63. The number of hydrogen-bond acceptors (Lipinski definition) is 3. The average molecular weight is 271 g/mol.